The molecule has 0 bridgehead atoms. The van der Waals surface area contributed by atoms with Crippen LogP contribution < -0.4 is 10.1 Å². The van der Waals surface area contributed by atoms with E-state index in [2.05, 4.69) is 10.1 Å². The number of hydrogen-bond donors (Lipinski definition) is 2. The Morgan fingerprint density at radius 3 is 2.32 bits per heavy atom. The molecule has 1 rings (SSSR count). The minimum absolute atomic E-state index is 0.0530. The molecule has 1 aromatic rings. The molecular weight excluding hydrogens is 303 g/mol. The smallest absolute Gasteiger partial charge is 0.480 e. The fraction of sp³-hybridized carbons (Fsp3) is 0.429. The van der Waals surface area contributed by atoms with E-state index < -0.39 is 30.0 Å². The molecule has 8 heteroatoms. The van der Waals surface area contributed by atoms with Gasteiger partial charge in [-0.3, -0.25) is 4.79 Å². The van der Waals surface area contributed by atoms with E-state index in [1.807, 2.05) is 6.92 Å². The van der Waals surface area contributed by atoms with Gasteiger partial charge in [-0.25, -0.2) is 4.79 Å². The molecule has 22 heavy (non-hydrogen) atoms. The summed E-state index contributed by atoms with van der Waals surface area (Å²) in [4.78, 5) is 22.9. The highest BCUT2D eigenvalue weighted by Crippen LogP contribution is 2.22. The molecule has 1 unspecified atom stereocenters. The van der Waals surface area contributed by atoms with Gasteiger partial charge < -0.3 is 15.2 Å². The molecule has 0 saturated carbocycles. The lowest BCUT2D eigenvalue weighted by Gasteiger charge is -2.14. The number of nitrogens with one attached hydrogen (secondary N) is 1. The Bertz CT molecular complexity index is 514. The molecule has 0 spiro atoms. The van der Waals surface area contributed by atoms with Crippen LogP contribution in [0, 0.1) is 0 Å². The van der Waals surface area contributed by atoms with E-state index in [1.54, 1.807) is 0 Å². The standard InChI is InChI=1S/C14H16F3NO4/c1-2-3-4-11(13(20)21)18-12(19)9-5-7-10(8-6-9)22-14(15,16)17/h5-8,11H,2-4H2,1H3,(H,18,19)(H,20,21). The first-order valence-corrected chi connectivity index (χ1v) is 6.62. The number of carboxylic acid groups (broad SMARTS) is 1. The number of halogens is 3. The maximum atomic E-state index is 12.0. The molecular formula is C14H16F3NO4. The summed E-state index contributed by atoms with van der Waals surface area (Å²) < 4.78 is 39.7. The molecule has 1 atom stereocenters. The van der Waals surface area contributed by atoms with Crippen molar-refractivity contribution in [2.24, 2.45) is 0 Å². The van der Waals surface area contributed by atoms with Crippen molar-refractivity contribution in [1.82, 2.24) is 5.32 Å². The maximum absolute atomic E-state index is 12.0. The van der Waals surface area contributed by atoms with Crippen LogP contribution >= 0.6 is 0 Å². The van der Waals surface area contributed by atoms with Crippen molar-refractivity contribution in [2.75, 3.05) is 0 Å². The average Bonchev–Trinajstić information content (AvgIpc) is 2.42. The Morgan fingerprint density at radius 1 is 1.27 bits per heavy atom. The van der Waals surface area contributed by atoms with Crippen LogP contribution in [0.2, 0.25) is 0 Å². The summed E-state index contributed by atoms with van der Waals surface area (Å²) >= 11 is 0. The minimum Gasteiger partial charge on any atom is -0.480 e. The Hall–Kier alpha value is -2.25. The van der Waals surface area contributed by atoms with E-state index in [9.17, 15) is 22.8 Å². The average molecular weight is 319 g/mol. The second-order valence-electron chi connectivity index (χ2n) is 4.58. The van der Waals surface area contributed by atoms with Gasteiger partial charge >= 0.3 is 12.3 Å². The fourth-order valence-electron chi connectivity index (χ4n) is 1.72. The quantitative estimate of drug-likeness (QED) is 0.810. The highest BCUT2D eigenvalue weighted by molar-refractivity contribution is 5.96. The number of amides is 1. The summed E-state index contributed by atoms with van der Waals surface area (Å²) in [5.41, 5.74) is 0.0530. The van der Waals surface area contributed by atoms with Gasteiger partial charge in [-0.05, 0) is 30.7 Å². The van der Waals surface area contributed by atoms with Crippen LogP contribution in [0.5, 0.6) is 5.75 Å². The largest absolute Gasteiger partial charge is 0.573 e. The number of hydrogen-bond acceptors (Lipinski definition) is 3. The second-order valence-corrected chi connectivity index (χ2v) is 4.58. The van der Waals surface area contributed by atoms with Crippen LogP contribution in [0.1, 0.15) is 36.5 Å². The van der Waals surface area contributed by atoms with E-state index in [-0.39, 0.29) is 12.0 Å². The van der Waals surface area contributed by atoms with Gasteiger partial charge in [0.1, 0.15) is 11.8 Å². The maximum Gasteiger partial charge on any atom is 0.573 e. The Kier molecular flexibility index (Phi) is 6.21. The monoisotopic (exact) mass is 319 g/mol. The first-order chi connectivity index (χ1) is 10.2. The second kappa shape index (κ2) is 7.67. The molecule has 1 aromatic carbocycles. The number of aliphatic carboxylic acids is 1. The van der Waals surface area contributed by atoms with Gasteiger partial charge in [0.25, 0.3) is 5.91 Å². The third-order valence-corrected chi connectivity index (χ3v) is 2.80. The van der Waals surface area contributed by atoms with E-state index in [4.69, 9.17) is 5.11 Å². The van der Waals surface area contributed by atoms with Crippen molar-refractivity contribution in [2.45, 2.75) is 38.6 Å². The Balaban J connectivity index is 2.70. The van der Waals surface area contributed by atoms with Crippen LogP contribution in [-0.4, -0.2) is 29.4 Å². The van der Waals surface area contributed by atoms with Crippen molar-refractivity contribution in [3.8, 4) is 5.75 Å². The molecule has 0 aliphatic heterocycles. The summed E-state index contributed by atoms with van der Waals surface area (Å²) in [5.74, 6) is -2.27. The molecule has 0 aliphatic rings. The molecule has 122 valence electrons. The van der Waals surface area contributed by atoms with Crippen LogP contribution in [0.15, 0.2) is 24.3 Å². The van der Waals surface area contributed by atoms with Gasteiger partial charge in [-0.1, -0.05) is 19.8 Å². The molecule has 1 amide bonds. The summed E-state index contributed by atoms with van der Waals surface area (Å²) in [6.07, 6.45) is -3.11. The van der Waals surface area contributed by atoms with Crippen LogP contribution in [-0.2, 0) is 4.79 Å². The summed E-state index contributed by atoms with van der Waals surface area (Å²) in [7, 11) is 0. The highest BCUT2D eigenvalue weighted by Gasteiger charge is 2.31. The molecule has 0 fully saturated rings. The molecule has 0 heterocycles. The summed E-state index contributed by atoms with van der Waals surface area (Å²) in [6, 6.07) is 3.22. The van der Waals surface area contributed by atoms with Crippen molar-refractivity contribution in [3.05, 3.63) is 29.8 Å². The molecule has 2 N–H and O–H groups in total. The number of benzene rings is 1. The summed E-state index contributed by atoms with van der Waals surface area (Å²) in [5, 5.41) is 11.3. The van der Waals surface area contributed by atoms with Crippen LogP contribution in [0.4, 0.5) is 13.2 Å². The van der Waals surface area contributed by atoms with Gasteiger partial charge in [-0.15, -0.1) is 13.2 Å². The molecule has 0 aromatic heterocycles. The van der Waals surface area contributed by atoms with E-state index in [0.717, 1.165) is 30.7 Å². The van der Waals surface area contributed by atoms with Crippen molar-refractivity contribution in [3.63, 3.8) is 0 Å². The van der Waals surface area contributed by atoms with E-state index in [1.165, 1.54) is 0 Å². The number of alkyl halides is 3. The zero-order valence-electron chi connectivity index (χ0n) is 11.8. The number of carbonyl (C=O) groups excluding carboxylic acids is 1. The van der Waals surface area contributed by atoms with Gasteiger partial charge in [0, 0.05) is 5.56 Å². The first kappa shape index (κ1) is 17.8. The third-order valence-electron chi connectivity index (χ3n) is 2.80. The topological polar surface area (TPSA) is 75.6 Å². The Morgan fingerprint density at radius 2 is 1.86 bits per heavy atom. The fourth-order valence-corrected chi connectivity index (χ4v) is 1.72. The zero-order valence-corrected chi connectivity index (χ0v) is 11.8. The highest BCUT2D eigenvalue weighted by atomic mass is 19.4. The normalized spacial score (nSPS) is 12.5. The van der Waals surface area contributed by atoms with Crippen LogP contribution in [0.3, 0.4) is 0 Å². The summed E-state index contributed by atoms with van der Waals surface area (Å²) in [6.45, 7) is 1.89. The van der Waals surface area contributed by atoms with E-state index in [0.29, 0.717) is 6.42 Å². The lowest BCUT2D eigenvalue weighted by Crippen LogP contribution is -2.40. The zero-order chi connectivity index (χ0) is 16.8. The van der Waals surface area contributed by atoms with Crippen LogP contribution in [0.25, 0.3) is 0 Å². The molecule has 5 nitrogen and oxygen atoms in total. The number of carboxylic acids is 1. The molecule has 0 radical (unpaired) electrons. The van der Waals surface area contributed by atoms with E-state index >= 15 is 0 Å². The van der Waals surface area contributed by atoms with Crippen molar-refractivity contribution < 1.29 is 32.6 Å². The van der Waals surface area contributed by atoms with Gasteiger partial charge in [0.15, 0.2) is 0 Å². The first-order valence-electron chi connectivity index (χ1n) is 6.62. The predicted molar refractivity (Wildman–Crippen MR) is 71.5 cm³/mol. The van der Waals surface area contributed by atoms with Crippen molar-refractivity contribution in [1.29, 1.82) is 0 Å². The SMILES string of the molecule is CCCCC(NC(=O)c1ccc(OC(F)(F)F)cc1)C(=O)O. The van der Waals surface area contributed by atoms with Gasteiger partial charge in [0.2, 0.25) is 0 Å². The number of unbranched alkanes of at least 4 members (excludes halogenated alkanes) is 1. The lowest BCUT2D eigenvalue weighted by molar-refractivity contribution is -0.274. The minimum atomic E-state index is -4.81. The van der Waals surface area contributed by atoms with Gasteiger partial charge in [0.05, 0.1) is 0 Å². The third kappa shape index (κ3) is 6.02. The van der Waals surface area contributed by atoms with Gasteiger partial charge in [-0.2, -0.15) is 0 Å². The lowest BCUT2D eigenvalue weighted by atomic mass is 10.1. The number of carbonyl (C=O) groups is 2. The Labute approximate surface area is 125 Å². The number of rotatable bonds is 7. The predicted octanol–water partition coefficient (Wildman–Crippen LogP) is 2.96. The molecule has 0 aliphatic carbocycles. The molecule has 0 saturated heterocycles. The number of ether oxygens (including phenoxy) is 1. The van der Waals surface area contributed by atoms with Crippen molar-refractivity contribution >= 4 is 11.9 Å².